The topological polar surface area (TPSA) is 129 Å². The van der Waals surface area contributed by atoms with Crippen LogP contribution in [0.3, 0.4) is 0 Å². The summed E-state index contributed by atoms with van der Waals surface area (Å²) in [7, 11) is 0. The molecule has 1 fully saturated rings. The van der Waals surface area contributed by atoms with Crippen molar-refractivity contribution >= 4 is 17.7 Å². The van der Waals surface area contributed by atoms with Crippen LogP contribution in [0.4, 0.5) is 23.9 Å². The van der Waals surface area contributed by atoms with Gasteiger partial charge in [0.25, 0.3) is 0 Å². The molecule has 3 aromatic rings. The van der Waals surface area contributed by atoms with Gasteiger partial charge in [0.05, 0.1) is 29.5 Å². The van der Waals surface area contributed by atoms with Gasteiger partial charge in [-0.05, 0) is 25.8 Å². The molecule has 1 unspecified atom stereocenters. The molecule has 0 saturated carbocycles. The van der Waals surface area contributed by atoms with Crippen molar-refractivity contribution in [3.05, 3.63) is 36.5 Å². The molecule has 32 heavy (non-hydrogen) atoms. The number of rotatable bonds is 4. The first-order chi connectivity index (χ1) is 15.1. The number of fused-ring (bicyclic) bond motifs is 1. The van der Waals surface area contributed by atoms with Crippen LogP contribution >= 0.6 is 0 Å². The van der Waals surface area contributed by atoms with Crippen LogP contribution in [0.5, 0.6) is 0 Å². The van der Waals surface area contributed by atoms with Crippen LogP contribution in [0.15, 0.2) is 30.9 Å². The number of nitrogens with one attached hydrogen (secondary N) is 1. The number of aliphatic hydroxyl groups is 1. The first-order valence-corrected chi connectivity index (χ1v) is 9.77. The van der Waals surface area contributed by atoms with Gasteiger partial charge in [-0.2, -0.15) is 13.2 Å². The zero-order valence-corrected chi connectivity index (χ0v) is 16.9. The van der Waals surface area contributed by atoms with Crippen LogP contribution in [0.1, 0.15) is 25.5 Å². The predicted octanol–water partition coefficient (Wildman–Crippen LogP) is 2.51. The Labute approximate surface area is 179 Å². The van der Waals surface area contributed by atoms with E-state index in [4.69, 9.17) is 0 Å². The second kappa shape index (κ2) is 7.89. The van der Waals surface area contributed by atoms with E-state index in [9.17, 15) is 28.2 Å². The SMILES string of the molecule is CC(O)(c1cn2c(-c3ccnc(N[C@@H]4CCCN(C(=O)O)C4)n3)cnc2cn1)C(F)(F)F. The fourth-order valence-electron chi connectivity index (χ4n) is 3.50. The molecule has 0 aliphatic carbocycles. The minimum absolute atomic E-state index is 0.171. The molecule has 4 heterocycles. The highest BCUT2D eigenvalue weighted by Crippen LogP contribution is 2.37. The number of piperidine rings is 1. The van der Waals surface area contributed by atoms with E-state index < -0.39 is 23.6 Å². The average Bonchev–Trinajstić information content (AvgIpc) is 3.16. The van der Waals surface area contributed by atoms with Crippen molar-refractivity contribution in [3.63, 3.8) is 0 Å². The molecule has 170 valence electrons. The molecule has 2 atom stereocenters. The molecule has 0 aromatic carbocycles. The van der Waals surface area contributed by atoms with Crippen molar-refractivity contribution in [1.29, 1.82) is 0 Å². The normalized spacial score (nSPS) is 19.0. The van der Waals surface area contributed by atoms with E-state index >= 15 is 0 Å². The number of imidazole rings is 1. The van der Waals surface area contributed by atoms with Crippen LogP contribution in [-0.2, 0) is 5.60 Å². The Balaban J connectivity index is 1.64. The van der Waals surface area contributed by atoms with Crippen molar-refractivity contribution in [2.24, 2.45) is 0 Å². The van der Waals surface area contributed by atoms with E-state index in [1.54, 1.807) is 6.07 Å². The van der Waals surface area contributed by atoms with E-state index in [-0.39, 0.29) is 17.6 Å². The van der Waals surface area contributed by atoms with E-state index in [0.717, 1.165) is 18.8 Å². The van der Waals surface area contributed by atoms with E-state index in [0.29, 0.717) is 37.8 Å². The van der Waals surface area contributed by atoms with Gasteiger partial charge in [0, 0.05) is 31.5 Å². The number of anilines is 1. The number of amides is 1. The monoisotopic (exact) mass is 451 g/mol. The standard InChI is InChI=1S/C19H20F3N7O3/c1-18(32,19(20,21)22)14-10-29-13(7-25-15(29)8-24-14)12-4-5-23-16(27-12)26-11-3-2-6-28(9-11)17(30)31/h4-5,7-8,10-11,32H,2-3,6,9H2,1H3,(H,30,31)(H,23,26,27)/t11-,18?/m1/s1. The highest BCUT2D eigenvalue weighted by atomic mass is 19.4. The first kappa shape index (κ1) is 21.7. The smallest absolute Gasteiger partial charge is 0.422 e. The molecular formula is C19H20F3N7O3. The number of alkyl halides is 3. The summed E-state index contributed by atoms with van der Waals surface area (Å²) >= 11 is 0. The summed E-state index contributed by atoms with van der Waals surface area (Å²) in [5.41, 5.74) is -2.69. The summed E-state index contributed by atoms with van der Waals surface area (Å²) in [5, 5.41) is 22.3. The third kappa shape index (κ3) is 4.02. The second-order valence-corrected chi connectivity index (χ2v) is 7.69. The summed E-state index contributed by atoms with van der Waals surface area (Å²) in [6.07, 6.45) is 0.674. The van der Waals surface area contributed by atoms with Crippen LogP contribution in [0.2, 0.25) is 0 Å². The van der Waals surface area contributed by atoms with Crippen molar-refractivity contribution in [3.8, 4) is 11.4 Å². The number of hydrogen-bond donors (Lipinski definition) is 3. The zero-order valence-electron chi connectivity index (χ0n) is 16.9. The van der Waals surface area contributed by atoms with Crippen LogP contribution < -0.4 is 5.32 Å². The van der Waals surface area contributed by atoms with Gasteiger partial charge < -0.3 is 20.4 Å². The fourth-order valence-corrected chi connectivity index (χ4v) is 3.50. The zero-order chi connectivity index (χ0) is 23.1. The fraction of sp³-hybridized carbons (Fsp3) is 0.421. The van der Waals surface area contributed by atoms with E-state index in [1.165, 1.54) is 21.7 Å². The quantitative estimate of drug-likeness (QED) is 0.552. The highest BCUT2D eigenvalue weighted by molar-refractivity contribution is 5.65. The number of nitrogens with zero attached hydrogens (tertiary/aromatic N) is 6. The minimum Gasteiger partial charge on any atom is -0.465 e. The molecule has 1 aliphatic rings. The van der Waals surface area contributed by atoms with Crippen LogP contribution in [-0.4, -0.2) is 70.9 Å². The maximum absolute atomic E-state index is 13.2. The molecule has 10 nitrogen and oxygen atoms in total. The molecule has 4 rings (SSSR count). The number of carboxylic acid groups (broad SMARTS) is 1. The highest BCUT2D eigenvalue weighted by Gasteiger charge is 2.52. The lowest BCUT2D eigenvalue weighted by Gasteiger charge is -2.31. The number of hydrogen-bond acceptors (Lipinski definition) is 7. The Morgan fingerprint density at radius 2 is 2.03 bits per heavy atom. The van der Waals surface area contributed by atoms with Crippen LogP contribution in [0, 0.1) is 0 Å². The third-order valence-corrected chi connectivity index (χ3v) is 5.39. The predicted molar refractivity (Wildman–Crippen MR) is 106 cm³/mol. The lowest BCUT2D eigenvalue weighted by molar-refractivity contribution is -0.260. The van der Waals surface area contributed by atoms with Crippen molar-refractivity contribution in [1.82, 2.24) is 29.2 Å². The van der Waals surface area contributed by atoms with Gasteiger partial charge >= 0.3 is 12.3 Å². The Morgan fingerprint density at radius 3 is 2.75 bits per heavy atom. The Hall–Kier alpha value is -3.48. The van der Waals surface area contributed by atoms with Crippen molar-refractivity contribution in [2.75, 3.05) is 18.4 Å². The summed E-state index contributed by atoms with van der Waals surface area (Å²) in [6, 6.07) is 1.40. The van der Waals surface area contributed by atoms with Gasteiger partial charge in [-0.3, -0.25) is 9.38 Å². The Kier molecular flexibility index (Phi) is 5.36. The summed E-state index contributed by atoms with van der Waals surface area (Å²) < 4.78 is 41.1. The molecule has 0 spiro atoms. The minimum atomic E-state index is -4.91. The van der Waals surface area contributed by atoms with E-state index in [1.807, 2.05) is 0 Å². The van der Waals surface area contributed by atoms with Gasteiger partial charge in [-0.1, -0.05) is 0 Å². The lowest BCUT2D eigenvalue weighted by Crippen LogP contribution is -2.44. The molecule has 1 amide bonds. The summed E-state index contributed by atoms with van der Waals surface area (Å²) in [5.74, 6) is 0.256. The number of halogens is 3. The second-order valence-electron chi connectivity index (χ2n) is 7.69. The van der Waals surface area contributed by atoms with Gasteiger partial charge in [0.1, 0.15) is 0 Å². The van der Waals surface area contributed by atoms with Crippen molar-refractivity contribution in [2.45, 2.75) is 37.6 Å². The summed E-state index contributed by atoms with van der Waals surface area (Å²) in [6.45, 7) is 1.39. The lowest BCUT2D eigenvalue weighted by atomic mass is 10.0. The van der Waals surface area contributed by atoms with Gasteiger partial charge in [0.2, 0.25) is 11.5 Å². The van der Waals surface area contributed by atoms with Gasteiger partial charge in [0.15, 0.2) is 5.65 Å². The maximum atomic E-state index is 13.2. The Morgan fingerprint density at radius 1 is 1.25 bits per heavy atom. The first-order valence-electron chi connectivity index (χ1n) is 9.77. The molecule has 13 heteroatoms. The molecular weight excluding hydrogens is 431 g/mol. The molecule has 0 radical (unpaired) electrons. The Bertz CT molecular complexity index is 1150. The maximum Gasteiger partial charge on any atom is 0.422 e. The van der Waals surface area contributed by atoms with Crippen LogP contribution in [0.25, 0.3) is 17.0 Å². The average molecular weight is 451 g/mol. The third-order valence-electron chi connectivity index (χ3n) is 5.39. The summed E-state index contributed by atoms with van der Waals surface area (Å²) in [4.78, 5) is 29.0. The van der Waals surface area contributed by atoms with Gasteiger partial charge in [-0.25, -0.2) is 19.7 Å². The number of carbonyl (C=O) groups is 1. The van der Waals surface area contributed by atoms with Gasteiger partial charge in [-0.15, -0.1) is 0 Å². The van der Waals surface area contributed by atoms with Crippen molar-refractivity contribution < 1.29 is 28.2 Å². The molecule has 3 N–H and O–H groups in total. The number of aromatic nitrogens is 5. The molecule has 1 saturated heterocycles. The largest absolute Gasteiger partial charge is 0.465 e. The van der Waals surface area contributed by atoms with E-state index in [2.05, 4.69) is 25.3 Å². The molecule has 0 bridgehead atoms. The molecule has 1 aliphatic heterocycles. The molecule has 3 aromatic heterocycles. The number of likely N-dealkylation sites (tertiary alicyclic amines) is 1.